The van der Waals surface area contributed by atoms with E-state index in [1.807, 2.05) is 20.8 Å². The van der Waals surface area contributed by atoms with E-state index in [-0.39, 0.29) is 20.1 Å². The molecular formula is C8H18OS2. The zero-order chi connectivity index (χ0) is 9.28. The summed E-state index contributed by atoms with van der Waals surface area (Å²) >= 11 is 5.23. The first kappa shape index (κ1) is 11.5. The van der Waals surface area contributed by atoms with E-state index in [0.717, 1.165) is 0 Å². The first-order valence-corrected chi connectivity index (χ1v) is 5.82. The molecule has 3 heteroatoms. The fraction of sp³-hybridized carbons (Fsp3) is 1.00. The lowest BCUT2D eigenvalue weighted by Crippen LogP contribution is -2.30. The lowest BCUT2D eigenvalue weighted by atomic mass is 10.2. The highest BCUT2D eigenvalue weighted by Crippen LogP contribution is 2.19. The van der Waals surface area contributed by atoms with Gasteiger partial charge in [0, 0.05) is 14.5 Å². The van der Waals surface area contributed by atoms with Crippen molar-refractivity contribution < 1.29 is 4.18 Å². The van der Waals surface area contributed by atoms with E-state index < -0.39 is 0 Å². The topological polar surface area (TPSA) is 9.23 Å². The van der Waals surface area contributed by atoms with Gasteiger partial charge in [0.15, 0.2) is 0 Å². The molecular weight excluding hydrogens is 176 g/mol. The van der Waals surface area contributed by atoms with Crippen LogP contribution < -0.4 is 0 Å². The normalized spacial score (nSPS) is 16.5. The molecule has 0 aliphatic heterocycles. The molecule has 0 aliphatic rings. The summed E-state index contributed by atoms with van der Waals surface area (Å²) in [4.78, 5) is 0. The fourth-order valence-corrected chi connectivity index (χ4v) is 1.67. The van der Waals surface area contributed by atoms with Crippen LogP contribution in [0.1, 0.15) is 41.5 Å². The highest BCUT2D eigenvalue weighted by atomic mass is 32.8. The maximum atomic E-state index is 5.64. The molecule has 0 amide bonds. The van der Waals surface area contributed by atoms with Crippen LogP contribution in [0.15, 0.2) is 0 Å². The summed E-state index contributed by atoms with van der Waals surface area (Å²) in [5.41, 5.74) is -0.113. The molecule has 0 unspecified atom stereocenters. The van der Waals surface area contributed by atoms with Gasteiger partial charge < -0.3 is 4.18 Å². The molecule has 68 valence electrons. The third kappa shape index (κ3) is 5.76. The summed E-state index contributed by atoms with van der Waals surface area (Å²) in [6.45, 7) is 12.4. The van der Waals surface area contributed by atoms with Crippen molar-refractivity contribution in [1.29, 1.82) is 0 Å². The van der Waals surface area contributed by atoms with Gasteiger partial charge in [-0.1, -0.05) is 0 Å². The zero-order valence-corrected chi connectivity index (χ0v) is 9.86. The Labute approximate surface area is 77.3 Å². The van der Waals surface area contributed by atoms with Gasteiger partial charge in [-0.05, 0) is 52.7 Å². The molecule has 0 fully saturated rings. The molecule has 0 saturated heterocycles. The highest BCUT2D eigenvalue weighted by molar-refractivity contribution is 8.26. The molecule has 0 aromatic carbocycles. The smallest absolute Gasteiger partial charge is 0.0748 e. The molecule has 0 spiro atoms. The van der Waals surface area contributed by atoms with Gasteiger partial charge in [0.05, 0.1) is 5.60 Å². The van der Waals surface area contributed by atoms with Gasteiger partial charge >= 0.3 is 0 Å². The Morgan fingerprint density at radius 3 is 1.45 bits per heavy atom. The van der Waals surface area contributed by atoms with Crippen molar-refractivity contribution in [2.75, 3.05) is 0 Å². The summed E-state index contributed by atoms with van der Waals surface area (Å²) < 4.78 is 5.73. The van der Waals surface area contributed by atoms with Gasteiger partial charge in [-0.2, -0.15) is 0 Å². The largest absolute Gasteiger partial charge is 0.306 e. The van der Waals surface area contributed by atoms with Crippen LogP contribution >= 0.6 is 0 Å². The van der Waals surface area contributed by atoms with Crippen LogP contribution in [-0.4, -0.2) is 10.3 Å². The lowest BCUT2D eigenvalue weighted by Gasteiger charge is -2.27. The zero-order valence-electron chi connectivity index (χ0n) is 8.22. The first-order chi connectivity index (χ1) is 4.63. The quantitative estimate of drug-likeness (QED) is 0.634. The Balaban J connectivity index is 4.11. The average Bonchev–Trinajstić information content (AvgIpc) is 1.56. The van der Waals surface area contributed by atoms with Crippen molar-refractivity contribution in [3.8, 4) is 0 Å². The molecule has 1 nitrogen and oxygen atoms in total. The number of rotatable bonds is 1. The van der Waals surface area contributed by atoms with Crippen LogP contribution in [0.2, 0.25) is 0 Å². The van der Waals surface area contributed by atoms with Crippen LogP contribution in [0.3, 0.4) is 0 Å². The van der Waals surface area contributed by atoms with Crippen molar-refractivity contribution in [2.45, 2.75) is 51.9 Å². The van der Waals surface area contributed by atoms with Crippen molar-refractivity contribution in [3.63, 3.8) is 0 Å². The van der Waals surface area contributed by atoms with Crippen molar-refractivity contribution in [1.82, 2.24) is 0 Å². The van der Waals surface area contributed by atoms with Crippen molar-refractivity contribution in [3.05, 3.63) is 0 Å². The summed E-state index contributed by atoms with van der Waals surface area (Å²) in [7, 11) is -0.373. The molecule has 0 heterocycles. The van der Waals surface area contributed by atoms with Gasteiger partial charge in [-0.15, -0.1) is 0 Å². The Morgan fingerprint density at radius 2 is 1.36 bits per heavy atom. The summed E-state index contributed by atoms with van der Waals surface area (Å²) in [6.07, 6.45) is 0. The minimum Gasteiger partial charge on any atom is -0.306 e. The van der Waals surface area contributed by atoms with Crippen molar-refractivity contribution in [2.24, 2.45) is 0 Å². The summed E-state index contributed by atoms with van der Waals surface area (Å²) in [6, 6.07) is 0. The fourth-order valence-electron chi connectivity index (χ4n) is 0.352. The molecule has 0 N–H and O–H groups in total. The maximum Gasteiger partial charge on any atom is 0.0748 e. The predicted octanol–water partition coefficient (Wildman–Crippen LogP) is 2.60. The molecule has 0 bridgehead atoms. The van der Waals surface area contributed by atoms with Gasteiger partial charge in [0.1, 0.15) is 0 Å². The number of hydrogen-bond donors (Lipinski definition) is 0. The third-order valence-corrected chi connectivity index (χ3v) is 4.18. The Hall–Kier alpha value is 0.530. The van der Waals surface area contributed by atoms with Crippen LogP contribution in [0.5, 0.6) is 0 Å². The van der Waals surface area contributed by atoms with E-state index in [9.17, 15) is 0 Å². The molecule has 11 heavy (non-hydrogen) atoms. The first-order valence-electron chi connectivity index (χ1n) is 3.74. The predicted molar refractivity (Wildman–Crippen MR) is 55.3 cm³/mol. The minimum atomic E-state index is -0.373. The second kappa shape index (κ2) is 3.50. The van der Waals surface area contributed by atoms with E-state index in [4.69, 9.17) is 15.4 Å². The van der Waals surface area contributed by atoms with Gasteiger partial charge in [-0.3, -0.25) is 0 Å². The Morgan fingerprint density at radius 1 is 1.00 bits per heavy atom. The van der Waals surface area contributed by atoms with Crippen molar-refractivity contribution >= 4 is 20.9 Å². The molecule has 0 saturated carbocycles. The SMILES string of the molecule is CC(C)(C)O[S@](=S)C(C)(C)C. The van der Waals surface area contributed by atoms with Crippen LogP contribution in [0, 0.1) is 0 Å². The number of hydrogen-bond acceptors (Lipinski definition) is 2. The van der Waals surface area contributed by atoms with Gasteiger partial charge in [0.25, 0.3) is 0 Å². The standard InChI is InChI=1S/C8H18OS2/c1-7(2,3)9-11(10)8(4,5)6/h1-6H3/t11-/m1/s1. The molecule has 0 aliphatic carbocycles. The van der Waals surface area contributed by atoms with Crippen LogP contribution in [0.25, 0.3) is 0 Å². The van der Waals surface area contributed by atoms with E-state index in [1.54, 1.807) is 0 Å². The molecule has 1 atom stereocenters. The molecule has 0 rings (SSSR count). The Bertz CT molecular complexity index is 150. The van der Waals surface area contributed by atoms with E-state index in [0.29, 0.717) is 0 Å². The average molecular weight is 194 g/mol. The van der Waals surface area contributed by atoms with E-state index in [2.05, 4.69) is 20.8 Å². The summed E-state index contributed by atoms with van der Waals surface area (Å²) in [5.74, 6) is 0. The van der Waals surface area contributed by atoms with E-state index in [1.165, 1.54) is 0 Å². The molecule has 0 aromatic rings. The lowest BCUT2D eigenvalue weighted by molar-refractivity contribution is 0.158. The third-order valence-electron chi connectivity index (χ3n) is 0.826. The van der Waals surface area contributed by atoms with E-state index >= 15 is 0 Å². The summed E-state index contributed by atoms with van der Waals surface area (Å²) in [5, 5.41) is 0. The molecule has 0 radical (unpaired) electrons. The maximum absolute atomic E-state index is 5.64. The second-order valence-corrected chi connectivity index (χ2v) is 7.31. The monoisotopic (exact) mass is 194 g/mol. The minimum absolute atomic E-state index is 0.0859. The second-order valence-electron chi connectivity index (χ2n) is 4.54. The van der Waals surface area contributed by atoms with Crippen LogP contribution in [-0.2, 0) is 25.1 Å². The Kier molecular flexibility index (Phi) is 3.67. The molecule has 0 aromatic heterocycles. The van der Waals surface area contributed by atoms with Crippen LogP contribution in [0.4, 0.5) is 0 Å². The van der Waals surface area contributed by atoms with Gasteiger partial charge in [0.2, 0.25) is 0 Å². The highest BCUT2D eigenvalue weighted by Gasteiger charge is 2.22. The van der Waals surface area contributed by atoms with Gasteiger partial charge in [-0.25, -0.2) is 0 Å².